The van der Waals surface area contributed by atoms with E-state index in [2.05, 4.69) is 9.88 Å². The Labute approximate surface area is 128 Å². The Morgan fingerprint density at radius 3 is 2.64 bits per heavy atom. The molecule has 0 atom stereocenters. The molecule has 0 unspecified atom stereocenters. The smallest absolute Gasteiger partial charge is 0.128 e. The first-order chi connectivity index (χ1) is 10.6. The number of morpholine rings is 1. The first-order valence-corrected chi connectivity index (χ1v) is 7.20. The normalized spacial score (nSPS) is 15.1. The molecule has 1 aromatic heterocycles. The quantitative estimate of drug-likeness (QED) is 0.889. The summed E-state index contributed by atoms with van der Waals surface area (Å²) in [5.74, 6) is -0.263. The molecule has 0 spiro atoms. The molecule has 0 radical (unpaired) electrons. The Kier molecular flexibility index (Phi) is 3.85. The van der Waals surface area contributed by atoms with Gasteiger partial charge >= 0.3 is 0 Å². The first-order valence-electron chi connectivity index (χ1n) is 7.20. The molecule has 1 fully saturated rings. The van der Waals surface area contributed by atoms with Crippen molar-refractivity contribution in [3.63, 3.8) is 0 Å². The van der Waals surface area contributed by atoms with Gasteiger partial charge in [-0.1, -0.05) is 0 Å². The van der Waals surface area contributed by atoms with Crippen LogP contribution in [-0.2, 0) is 4.74 Å². The summed E-state index contributed by atoms with van der Waals surface area (Å²) in [4.78, 5) is 6.18. The number of halogens is 1. The van der Waals surface area contributed by atoms with Crippen molar-refractivity contribution in [1.82, 2.24) is 4.98 Å². The minimum absolute atomic E-state index is 0.263. The summed E-state index contributed by atoms with van der Waals surface area (Å²) in [6.07, 6.45) is 3.10. The maximum atomic E-state index is 14.4. The van der Waals surface area contributed by atoms with E-state index in [1.165, 1.54) is 12.3 Å². The Hall–Kier alpha value is -2.34. The highest BCUT2D eigenvalue weighted by Crippen LogP contribution is 2.34. The predicted octanol–water partition coefficient (Wildman–Crippen LogP) is 2.20. The number of ether oxygens (including phenoxy) is 1. The van der Waals surface area contributed by atoms with Gasteiger partial charge < -0.3 is 21.1 Å². The molecule has 1 saturated heterocycles. The standard InChI is InChI=1S/C16H19FN4O/c1-10-13(17)6-11(12-8-20-9-14(18)16(12)19)7-15(10)21-2-4-22-5-3-21/h6-9H,2-5,18H2,1H3,(H2,19,20). The van der Waals surface area contributed by atoms with Crippen LogP contribution < -0.4 is 16.4 Å². The summed E-state index contributed by atoms with van der Waals surface area (Å²) in [5, 5.41) is 0. The molecule has 1 aromatic carbocycles. The molecule has 2 aromatic rings. The van der Waals surface area contributed by atoms with Crippen molar-refractivity contribution in [3.8, 4) is 11.1 Å². The predicted molar refractivity (Wildman–Crippen MR) is 86.2 cm³/mol. The molecule has 116 valence electrons. The van der Waals surface area contributed by atoms with E-state index in [9.17, 15) is 4.39 Å². The molecule has 1 aliphatic rings. The monoisotopic (exact) mass is 302 g/mol. The second-order valence-corrected chi connectivity index (χ2v) is 5.39. The second kappa shape index (κ2) is 5.81. The summed E-state index contributed by atoms with van der Waals surface area (Å²) in [6.45, 7) is 4.56. The molecule has 2 heterocycles. The molecular weight excluding hydrogens is 283 g/mol. The van der Waals surface area contributed by atoms with Crippen molar-refractivity contribution in [3.05, 3.63) is 35.9 Å². The number of nitrogens with two attached hydrogens (primary N) is 2. The molecule has 1 aliphatic heterocycles. The van der Waals surface area contributed by atoms with Crippen molar-refractivity contribution in [1.29, 1.82) is 0 Å². The molecule has 22 heavy (non-hydrogen) atoms. The molecule has 0 amide bonds. The largest absolute Gasteiger partial charge is 0.396 e. The number of hydrogen-bond donors (Lipinski definition) is 2. The zero-order valence-electron chi connectivity index (χ0n) is 12.5. The number of rotatable bonds is 2. The van der Waals surface area contributed by atoms with Gasteiger partial charge in [-0.05, 0) is 24.6 Å². The van der Waals surface area contributed by atoms with Crippen molar-refractivity contribution in [2.75, 3.05) is 42.7 Å². The van der Waals surface area contributed by atoms with Crippen LogP contribution >= 0.6 is 0 Å². The summed E-state index contributed by atoms with van der Waals surface area (Å²) < 4.78 is 19.7. The van der Waals surface area contributed by atoms with E-state index in [-0.39, 0.29) is 5.82 Å². The molecule has 0 bridgehead atoms. The number of anilines is 3. The number of nitrogen functional groups attached to an aromatic ring is 2. The van der Waals surface area contributed by atoms with Gasteiger partial charge in [-0.3, -0.25) is 4.98 Å². The number of pyridine rings is 1. The van der Waals surface area contributed by atoms with Crippen LogP contribution in [0.4, 0.5) is 21.5 Å². The lowest BCUT2D eigenvalue weighted by Crippen LogP contribution is -2.36. The molecular formula is C16H19FN4O. The van der Waals surface area contributed by atoms with E-state index in [0.29, 0.717) is 41.3 Å². The zero-order chi connectivity index (χ0) is 15.7. The Balaban J connectivity index is 2.09. The third kappa shape index (κ3) is 2.57. The van der Waals surface area contributed by atoms with Crippen LogP contribution in [0.5, 0.6) is 0 Å². The van der Waals surface area contributed by atoms with Crippen LogP contribution in [-0.4, -0.2) is 31.3 Å². The molecule has 5 nitrogen and oxygen atoms in total. The van der Waals surface area contributed by atoms with Gasteiger partial charge in [-0.15, -0.1) is 0 Å². The van der Waals surface area contributed by atoms with Gasteiger partial charge in [0.2, 0.25) is 0 Å². The van der Waals surface area contributed by atoms with Crippen LogP contribution in [0, 0.1) is 12.7 Å². The van der Waals surface area contributed by atoms with Crippen LogP contribution in [0.3, 0.4) is 0 Å². The van der Waals surface area contributed by atoms with E-state index >= 15 is 0 Å². The van der Waals surface area contributed by atoms with Gasteiger partial charge in [0.05, 0.1) is 30.8 Å². The Morgan fingerprint density at radius 2 is 1.91 bits per heavy atom. The molecule has 0 aliphatic carbocycles. The van der Waals surface area contributed by atoms with E-state index in [4.69, 9.17) is 16.2 Å². The SMILES string of the molecule is Cc1c(F)cc(-c2cncc(N)c2N)cc1N1CCOCC1. The molecule has 0 saturated carbocycles. The third-order valence-electron chi connectivity index (χ3n) is 4.00. The van der Waals surface area contributed by atoms with Gasteiger partial charge in [0.15, 0.2) is 0 Å². The topological polar surface area (TPSA) is 77.4 Å². The highest BCUT2D eigenvalue weighted by atomic mass is 19.1. The first kappa shape index (κ1) is 14.6. The zero-order valence-corrected chi connectivity index (χ0v) is 12.5. The highest BCUT2D eigenvalue weighted by Gasteiger charge is 2.18. The van der Waals surface area contributed by atoms with Crippen LogP contribution in [0.25, 0.3) is 11.1 Å². The van der Waals surface area contributed by atoms with Gasteiger partial charge in [-0.25, -0.2) is 4.39 Å². The molecule has 6 heteroatoms. The van der Waals surface area contributed by atoms with E-state index in [1.807, 2.05) is 6.07 Å². The Bertz CT molecular complexity index is 699. The number of aromatic nitrogens is 1. The van der Waals surface area contributed by atoms with E-state index in [1.54, 1.807) is 13.1 Å². The van der Waals surface area contributed by atoms with Crippen LogP contribution in [0.2, 0.25) is 0 Å². The second-order valence-electron chi connectivity index (χ2n) is 5.39. The molecule has 4 N–H and O–H groups in total. The van der Waals surface area contributed by atoms with E-state index in [0.717, 1.165) is 18.8 Å². The van der Waals surface area contributed by atoms with Crippen LogP contribution in [0.1, 0.15) is 5.56 Å². The lowest BCUT2D eigenvalue weighted by atomic mass is 10.0. The van der Waals surface area contributed by atoms with Crippen molar-refractivity contribution in [2.24, 2.45) is 0 Å². The lowest BCUT2D eigenvalue weighted by Gasteiger charge is -2.30. The van der Waals surface area contributed by atoms with Gasteiger partial charge in [-0.2, -0.15) is 0 Å². The Morgan fingerprint density at radius 1 is 1.18 bits per heavy atom. The average molecular weight is 302 g/mol. The summed E-state index contributed by atoms with van der Waals surface area (Å²) in [5.41, 5.74) is 15.4. The minimum Gasteiger partial charge on any atom is -0.396 e. The maximum Gasteiger partial charge on any atom is 0.128 e. The number of nitrogens with zero attached hydrogens (tertiary/aromatic N) is 2. The average Bonchev–Trinajstić information content (AvgIpc) is 2.53. The van der Waals surface area contributed by atoms with Crippen molar-refractivity contribution >= 4 is 17.1 Å². The molecule has 3 rings (SSSR count). The van der Waals surface area contributed by atoms with Crippen molar-refractivity contribution < 1.29 is 9.13 Å². The van der Waals surface area contributed by atoms with Gasteiger partial charge in [0, 0.05) is 36.1 Å². The number of benzene rings is 1. The fraction of sp³-hybridized carbons (Fsp3) is 0.312. The fourth-order valence-electron chi connectivity index (χ4n) is 2.67. The lowest BCUT2D eigenvalue weighted by molar-refractivity contribution is 0.122. The maximum absolute atomic E-state index is 14.4. The summed E-state index contributed by atoms with van der Waals surface area (Å²) in [7, 11) is 0. The fourth-order valence-corrected chi connectivity index (χ4v) is 2.67. The van der Waals surface area contributed by atoms with Crippen molar-refractivity contribution in [2.45, 2.75) is 6.92 Å². The third-order valence-corrected chi connectivity index (χ3v) is 4.00. The minimum atomic E-state index is -0.263. The highest BCUT2D eigenvalue weighted by molar-refractivity contribution is 5.84. The van der Waals surface area contributed by atoms with E-state index < -0.39 is 0 Å². The summed E-state index contributed by atoms with van der Waals surface area (Å²) in [6, 6.07) is 3.42. The van der Waals surface area contributed by atoms with Gasteiger partial charge in [0.1, 0.15) is 5.82 Å². The summed E-state index contributed by atoms with van der Waals surface area (Å²) >= 11 is 0. The van der Waals surface area contributed by atoms with Gasteiger partial charge in [0.25, 0.3) is 0 Å². The number of hydrogen-bond acceptors (Lipinski definition) is 5. The van der Waals surface area contributed by atoms with Crippen LogP contribution in [0.15, 0.2) is 24.5 Å².